The molecule has 2 atom stereocenters. The van der Waals surface area contributed by atoms with E-state index in [9.17, 15) is 4.79 Å². The lowest BCUT2D eigenvalue weighted by atomic mass is 10.0. The fourth-order valence-corrected chi connectivity index (χ4v) is 4.77. The molecule has 5 rings (SSSR count). The van der Waals surface area contributed by atoms with Crippen LogP contribution in [0.25, 0.3) is 11.4 Å². The van der Waals surface area contributed by atoms with E-state index in [2.05, 4.69) is 20.9 Å². The van der Waals surface area contributed by atoms with Crippen molar-refractivity contribution >= 4 is 35.0 Å². The molecule has 0 saturated heterocycles. The van der Waals surface area contributed by atoms with E-state index in [1.165, 1.54) is 11.8 Å². The molecule has 154 valence electrons. The Morgan fingerprint density at radius 2 is 1.61 bits per heavy atom. The minimum Gasteiger partial charge on any atom is -0.324 e. The molecule has 2 heterocycles. The van der Waals surface area contributed by atoms with Gasteiger partial charge in [-0.3, -0.25) is 4.79 Å². The third-order valence-corrected chi connectivity index (χ3v) is 6.56. The zero-order valence-corrected chi connectivity index (χ0v) is 17.8. The number of anilines is 1. The van der Waals surface area contributed by atoms with Crippen LogP contribution < -0.4 is 10.7 Å². The second-order valence-corrected chi connectivity index (χ2v) is 8.55. The number of amides is 1. The highest BCUT2D eigenvalue weighted by Gasteiger charge is 2.38. The normalized spacial score (nSPS) is 17.5. The highest BCUT2D eigenvalue weighted by molar-refractivity contribution is 8.00. The molecule has 0 saturated carbocycles. The van der Waals surface area contributed by atoms with E-state index in [4.69, 9.17) is 11.6 Å². The number of hydrogen-bond acceptors (Lipinski definition) is 5. The van der Waals surface area contributed by atoms with Gasteiger partial charge in [-0.2, -0.15) is 0 Å². The summed E-state index contributed by atoms with van der Waals surface area (Å²) in [5.41, 5.74) is 5.99. The topological polar surface area (TPSA) is 71.8 Å². The number of aromatic nitrogens is 3. The Kier molecular flexibility index (Phi) is 5.36. The molecule has 1 amide bonds. The summed E-state index contributed by atoms with van der Waals surface area (Å²) in [6.07, 6.45) is 0. The van der Waals surface area contributed by atoms with Gasteiger partial charge in [-0.25, -0.2) is 4.68 Å². The average Bonchev–Trinajstić information content (AvgIpc) is 3.24. The molecule has 31 heavy (non-hydrogen) atoms. The Bertz CT molecular complexity index is 1220. The number of carbonyl (C=O) groups excluding carboxylic acids is 1. The van der Waals surface area contributed by atoms with Gasteiger partial charge in [-0.1, -0.05) is 96.2 Å². The first kappa shape index (κ1) is 19.7. The van der Waals surface area contributed by atoms with Crippen LogP contribution in [-0.4, -0.2) is 26.0 Å². The first-order chi connectivity index (χ1) is 15.2. The van der Waals surface area contributed by atoms with E-state index >= 15 is 0 Å². The predicted octanol–water partition coefficient (Wildman–Crippen LogP) is 5.00. The molecule has 1 aromatic heterocycles. The van der Waals surface area contributed by atoms with Gasteiger partial charge in [-0.05, 0) is 17.7 Å². The van der Waals surface area contributed by atoms with E-state index in [1.807, 2.05) is 77.5 Å². The molecule has 0 spiro atoms. The van der Waals surface area contributed by atoms with Crippen LogP contribution in [0.15, 0.2) is 90.1 Å². The van der Waals surface area contributed by atoms with Crippen molar-refractivity contribution in [1.29, 1.82) is 0 Å². The lowest BCUT2D eigenvalue weighted by molar-refractivity contribution is -0.116. The van der Waals surface area contributed by atoms with Crippen LogP contribution >= 0.6 is 23.4 Å². The zero-order chi connectivity index (χ0) is 21.2. The summed E-state index contributed by atoms with van der Waals surface area (Å²) < 4.78 is 1.86. The number of para-hydroxylation sites is 1. The smallest absolute Gasteiger partial charge is 0.240 e. The number of rotatable bonds is 4. The van der Waals surface area contributed by atoms with E-state index in [1.54, 1.807) is 12.1 Å². The number of thioether (sulfide) groups is 1. The molecular weight excluding hydrogens is 430 g/mol. The molecule has 0 radical (unpaired) electrons. The molecule has 2 N–H and O–H groups in total. The molecule has 0 bridgehead atoms. The van der Waals surface area contributed by atoms with Gasteiger partial charge >= 0.3 is 0 Å². The van der Waals surface area contributed by atoms with Gasteiger partial charge in [0.05, 0.1) is 16.8 Å². The number of fused-ring (bicyclic) bond motifs is 1. The molecule has 3 aromatic carbocycles. The fourth-order valence-electron chi connectivity index (χ4n) is 3.51. The third-order valence-electron chi connectivity index (χ3n) is 5.02. The minimum atomic E-state index is -0.473. The van der Waals surface area contributed by atoms with Crippen molar-refractivity contribution in [3.63, 3.8) is 0 Å². The van der Waals surface area contributed by atoms with Crippen LogP contribution in [0.5, 0.6) is 0 Å². The third kappa shape index (κ3) is 3.89. The van der Waals surface area contributed by atoms with Gasteiger partial charge in [0.2, 0.25) is 11.1 Å². The Balaban J connectivity index is 1.51. The summed E-state index contributed by atoms with van der Waals surface area (Å²) in [5, 5.41) is 12.3. The summed E-state index contributed by atoms with van der Waals surface area (Å²) in [5.74, 6) is 0.545. The van der Waals surface area contributed by atoms with Crippen LogP contribution in [-0.2, 0) is 4.79 Å². The number of halogens is 1. The molecule has 6 nitrogen and oxygen atoms in total. The van der Waals surface area contributed by atoms with Gasteiger partial charge in [0, 0.05) is 5.56 Å². The summed E-state index contributed by atoms with van der Waals surface area (Å²) in [7, 11) is 0. The fraction of sp³-hybridized carbons (Fsp3) is 0.0870. The van der Waals surface area contributed by atoms with Crippen LogP contribution in [0.3, 0.4) is 0 Å². The summed E-state index contributed by atoms with van der Waals surface area (Å²) >= 11 is 7.63. The number of nitrogens with zero attached hydrogens (tertiary/aromatic N) is 3. The number of carbonyl (C=O) groups is 1. The molecule has 0 unspecified atom stereocenters. The van der Waals surface area contributed by atoms with Crippen molar-refractivity contribution in [3.05, 3.63) is 95.5 Å². The number of benzene rings is 3. The quantitative estimate of drug-likeness (QED) is 0.460. The first-order valence-corrected chi connectivity index (χ1v) is 11.0. The van der Waals surface area contributed by atoms with Crippen molar-refractivity contribution in [3.8, 4) is 11.4 Å². The van der Waals surface area contributed by atoms with E-state index in [-0.39, 0.29) is 11.9 Å². The van der Waals surface area contributed by atoms with Crippen molar-refractivity contribution in [2.24, 2.45) is 0 Å². The molecule has 1 aliphatic rings. The number of nitrogens with one attached hydrogen (secondary N) is 2. The van der Waals surface area contributed by atoms with E-state index in [0.717, 1.165) is 11.1 Å². The van der Waals surface area contributed by atoms with Gasteiger partial charge in [0.25, 0.3) is 0 Å². The van der Waals surface area contributed by atoms with Crippen LogP contribution in [0.2, 0.25) is 5.02 Å². The maximum absolute atomic E-state index is 13.3. The molecule has 0 fully saturated rings. The zero-order valence-electron chi connectivity index (χ0n) is 16.3. The summed E-state index contributed by atoms with van der Waals surface area (Å²) in [6, 6.07) is 26.7. The first-order valence-electron chi connectivity index (χ1n) is 9.75. The highest BCUT2D eigenvalue weighted by atomic mass is 35.5. The lowest BCUT2D eigenvalue weighted by Gasteiger charge is -2.33. The second kappa shape index (κ2) is 8.45. The minimum absolute atomic E-state index is 0.157. The Morgan fingerprint density at radius 3 is 2.35 bits per heavy atom. The van der Waals surface area contributed by atoms with Crippen molar-refractivity contribution in [1.82, 2.24) is 14.9 Å². The maximum atomic E-state index is 13.3. The Labute approximate surface area is 188 Å². The van der Waals surface area contributed by atoms with Crippen LogP contribution in [0.1, 0.15) is 11.6 Å². The van der Waals surface area contributed by atoms with E-state index in [0.29, 0.717) is 21.7 Å². The van der Waals surface area contributed by atoms with Crippen LogP contribution in [0.4, 0.5) is 5.69 Å². The standard InChI is InChI=1S/C23H18ClN5OS/c24-17-13-7-8-14-18(17)25-22(30)20-19(15-9-3-1-4-10-15)28-29-21(26-27-23(29)31-20)16-11-5-2-6-12-16/h1-14,19-20,28H,(H,25,30)/t19-,20+/m0/s1. The Morgan fingerprint density at radius 1 is 0.935 bits per heavy atom. The van der Waals surface area contributed by atoms with Crippen molar-refractivity contribution in [2.75, 3.05) is 10.7 Å². The van der Waals surface area contributed by atoms with Crippen molar-refractivity contribution < 1.29 is 4.79 Å². The molecular formula is C23H18ClN5OS. The second-order valence-electron chi connectivity index (χ2n) is 7.03. The Hall–Kier alpha value is -3.29. The van der Waals surface area contributed by atoms with Crippen molar-refractivity contribution in [2.45, 2.75) is 16.4 Å². The lowest BCUT2D eigenvalue weighted by Crippen LogP contribution is -2.41. The maximum Gasteiger partial charge on any atom is 0.240 e. The molecule has 0 aliphatic carbocycles. The summed E-state index contributed by atoms with van der Waals surface area (Å²) in [6.45, 7) is 0. The molecule has 1 aliphatic heterocycles. The molecule has 4 aromatic rings. The van der Waals surface area contributed by atoms with Gasteiger partial charge in [0.15, 0.2) is 5.82 Å². The monoisotopic (exact) mass is 447 g/mol. The van der Waals surface area contributed by atoms with Gasteiger partial charge in [0.1, 0.15) is 5.25 Å². The van der Waals surface area contributed by atoms with E-state index < -0.39 is 5.25 Å². The van der Waals surface area contributed by atoms with Gasteiger partial charge < -0.3 is 10.7 Å². The van der Waals surface area contributed by atoms with Gasteiger partial charge in [-0.15, -0.1) is 10.2 Å². The average molecular weight is 448 g/mol. The van der Waals surface area contributed by atoms with Crippen LogP contribution in [0, 0.1) is 0 Å². The number of hydrogen-bond donors (Lipinski definition) is 2. The molecule has 8 heteroatoms. The predicted molar refractivity (Wildman–Crippen MR) is 124 cm³/mol. The largest absolute Gasteiger partial charge is 0.324 e. The summed E-state index contributed by atoms with van der Waals surface area (Å²) in [4.78, 5) is 13.3. The highest BCUT2D eigenvalue weighted by Crippen LogP contribution is 2.39. The SMILES string of the molecule is O=C(Nc1ccccc1Cl)[C@@H]1Sc2nnc(-c3ccccc3)n2N[C@H]1c1ccccc1.